The maximum atomic E-state index is 11.7. The van der Waals surface area contributed by atoms with E-state index < -0.39 is 5.97 Å². The molecule has 0 spiro atoms. The summed E-state index contributed by atoms with van der Waals surface area (Å²) in [6.45, 7) is 2.82. The van der Waals surface area contributed by atoms with Gasteiger partial charge in [0.2, 0.25) is 5.91 Å². The van der Waals surface area contributed by atoms with Crippen LogP contribution in [0.1, 0.15) is 26.2 Å². The molecular formula is C11H20N2O3S. The Hall–Kier alpha value is -0.750. The van der Waals surface area contributed by atoms with Crippen molar-refractivity contribution in [1.82, 2.24) is 10.6 Å². The molecular weight excluding hydrogens is 240 g/mol. The minimum absolute atomic E-state index is 0.00488. The van der Waals surface area contributed by atoms with E-state index in [9.17, 15) is 9.59 Å². The van der Waals surface area contributed by atoms with E-state index in [-0.39, 0.29) is 24.4 Å². The van der Waals surface area contributed by atoms with E-state index in [2.05, 4.69) is 10.6 Å². The van der Waals surface area contributed by atoms with Crippen molar-refractivity contribution in [3.8, 4) is 0 Å². The van der Waals surface area contributed by atoms with E-state index in [0.717, 1.165) is 18.1 Å². The second-order valence-electron chi connectivity index (χ2n) is 4.20. The van der Waals surface area contributed by atoms with Gasteiger partial charge in [-0.05, 0) is 6.42 Å². The van der Waals surface area contributed by atoms with Crippen LogP contribution in [-0.2, 0) is 9.59 Å². The quantitative estimate of drug-likeness (QED) is 0.646. The van der Waals surface area contributed by atoms with Crippen LogP contribution in [0, 0.1) is 0 Å². The van der Waals surface area contributed by atoms with Gasteiger partial charge in [-0.25, -0.2) is 0 Å². The molecule has 5 nitrogen and oxygen atoms in total. The molecule has 1 aliphatic rings. The minimum atomic E-state index is -0.872. The average molecular weight is 260 g/mol. The first-order chi connectivity index (χ1) is 8.11. The summed E-state index contributed by atoms with van der Waals surface area (Å²) >= 11 is 1.84. The van der Waals surface area contributed by atoms with E-state index in [1.807, 2.05) is 18.7 Å². The molecule has 6 heteroatoms. The highest BCUT2D eigenvalue weighted by atomic mass is 32.2. The molecule has 1 rings (SSSR count). The molecule has 1 amide bonds. The highest BCUT2D eigenvalue weighted by molar-refractivity contribution is 7.99. The summed E-state index contributed by atoms with van der Waals surface area (Å²) in [5, 5.41) is 14.7. The van der Waals surface area contributed by atoms with Gasteiger partial charge in [0.05, 0.1) is 6.42 Å². The van der Waals surface area contributed by atoms with E-state index in [4.69, 9.17) is 5.11 Å². The number of nitrogens with one attached hydrogen (secondary N) is 2. The highest BCUT2D eigenvalue weighted by Gasteiger charge is 2.19. The predicted molar refractivity (Wildman–Crippen MR) is 68.2 cm³/mol. The van der Waals surface area contributed by atoms with Crippen molar-refractivity contribution >= 4 is 23.6 Å². The van der Waals surface area contributed by atoms with E-state index in [1.54, 1.807) is 0 Å². The van der Waals surface area contributed by atoms with Crippen LogP contribution in [0.4, 0.5) is 0 Å². The molecule has 1 saturated heterocycles. The molecule has 1 fully saturated rings. The van der Waals surface area contributed by atoms with Crippen LogP contribution in [0.25, 0.3) is 0 Å². The molecule has 0 aromatic heterocycles. The normalized spacial score (nSPS) is 21.8. The van der Waals surface area contributed by atoms with Crippen molar-refractivity contribution in [2.24, 2.45) is 0 Å². The molecule has 1 heterocycles. The SMILES string of the molecule is CCC(CC(=O)O)NC(=O)CC1CSCCN1. The summed E-state index contributed by atoms with van der Waals surface area (Å²) < 4.78 is 0. The van der Waals surface area contributed by atoms with Gasteiger partial charge in [0.25, 0.3) is 0 Å². The number of aliphatic carboxylic acids is 1. The lowest BCUT2D eigenvalue weighted by molar-refractivity contribution is -0.137. The Morgan fingerprint density at radius 3 is 2.88 bits per heavy atom. The van der Waals surface area contributed by atoms with Gasteiger partial charge < -0.3 is 15.7 Å². The van der Waals surface area contributed by atoms with Crippen molar-refractivity contribution in [3.05, 3.63) is 0 Å². The molecule has 17 heavy (non-hydrogen) atoms. The summed E-state index contributed by atoms with van der Waals surface area (Å²) in [5.74, 6) is 1.11. The zero-order chi connectivity index (χ0) is 12.7. The number of hydrogen-bond acceptors (Lipinski definition) is 4. The first-order valence-corrected chi connectivity index (χ1v) is 7.09. The van der Waals surface area contributed by atoms with Gasteiger partial charge in [-0.1, -0.05) is 6.92 Å². The minimum Gasteiger partial charge on any atom is -0.481 e. The van der Waals surface area contributed by atoms with Gasteiger partial charge in [0, 0.05) is 36.6 Å². The highest BCUT2D eigenvalue weighted by Crippen LogP contribution is 2.10. The first-order valence-electron chi connectivity index (χ1n) is 5.94. The lowest BCUT2D eigenvalue weighted by Gasteiger charge is -2.23. The number of carbonyl (C=O) groups excluding carboxylic acids is 1. The zero-order valence-electron chi connectivity index (χ0n) is 10.1. The third-order valence-electron chi connectivity index (χ3n) is 2.71. The van der Waals surface area contributed by atoms with Crippen LogP contribution >= 0.6 is 11.8 Å². The van der Waals surface area contributed by atoms with Crippen LogP contribution in [0.5, 0.6) is 0 Å². The fourth-order valence-corrected chi connectivity index (χ4v) is 2.72. The molecule has 0 aliphatic carbocycles. The number of carbonyl (C=O) groups is 2. The lowest BCUT2D eigenvalue weighted by atomic mass is 10.1. The van der Waals surface area contributed by atoms with Crippen molar-refractivity contribution in [2.75, 3.05) is 18.1 Å². The van der Waals surface area contributed by atoms with Gasteiger partial charge in [-0.15, -0.1) is 0 Å². The smallest absolute Gasteiger partial charge is 0.305 e. The van der Waals surface area contributed by atoms with E-state index >= 15 is 0 Å². The van der Waals surface area contributed by atoms with Crippen molar-refractivity contribution in [2.45, 2.75) is 38.3 Å². The van der Waals surface area contributed by atoms with Gasteiger partial charge in [0.15, 0.2) is 0 Å². The molecule has 1 aliphatic heterocycles. The largest absolute Gasteiger partial charge is 0.481 e. The Morgan fingerprint density at radius 2 is 2.35 bits per heavy atom. The first kappa shape index (κ1) is 14.3. The number of amides is 1. The maximum absolute atomic E-state index is 11.7. The Bertz CT molecular complexity index is 267. The predicted octanol–water partition coefficient (Wildman–Crippen LogP) is 0.451. The summed E-state index contributed by atoms with van der Waals surface area (Å²) in [7, 11) is 0. The average Bonchev–Trinajstić information content (AvgIpc) is 2.28. The summed E-state index contributed by atoms with van der Waals surface area (Å²) in [6, 6.07) is -0.0349. The number of carboxylic acids is 1. The third-order valence-corrected chi connectivity index (χ3v) is 3.84. The maximum Gasteiger partial charge on any atom is 0.305 e. The Labute approximate surface area is 106 Å². The molecule has 0 aromatic carbocycles. The van der Waals surface area contributed by atoms with Crippen LogP contribution in [0.15, 0.2) is 0 Å². The Balaban J connectivity index is 2.28. The van der Waals surface area contributed by atoms with Gasteiger partial charge in [-0.3, -0.25) is 9.59 Å². The molecule has 0 bridgehead atoms. The molecule has 0 saturated carbocycles. The number of hydrogen-bond donors (Lipinski definition) is 3. The number of thioether (sulfide) groups is 1. The summed E-state index contributed by atoms with van der Waals surface area (Å²) in [6.07, 6.45) is 1.07. The number of carboxylic acid groups (broad SMARTS) is 1. The second kappa shape index (κ2) is 7.55. The van der Waals surface area contributed by atoms with Gasteiger partial charge in [0.1, 0.15) is 0 Å². The zero-order valence-corrected chi connectivity index (χ0v) is 10.9. The second-order valence-corrected chi connectivity index (χ2v) is 5.35. The fraction of sp³-hybridized carbons (Fsp3) is 0.818. The van der Waals surface area contributed by atoms with E-state index in [1.165, 1.54) is 0 Å². The summed E-state index contributed by atoms with van der Waals surface area (Å²) in [4.78, 5) is 22.3. The van der Waals surface area contributed by atoms with Gasteiger partial charge in [-0.2, -0.15) is 11.8 Å². The van der Waals surface area contributed by atoms with Crippen LogP contribution < -0.4 is 10.6 Å². The molecule has 98 valence electrons. The molecule has 3 N–H and O–H groups in total. The van der Waals surface area contributed by atoms with Crippen LogP contribution in [-0.4, -0.2) is 47.1 Å². The lowest BCUT2D eigenvalue weighted by Crippen LogP contribution is -2.43. The van der Waals surface area contributed by atoms with Crippen molar-refractivity contribution in [1.29, 1.82) is 0 Å². The van der Waals surface area contributed by atoms with Crippen LogP contribution in [0.3, 0.4) is 0 Å². The fourth-order valence-electron chi connectivity index (χ4n) is 1.77. The number of rotatable bonds is 6. The van der Waals surface area contributed by atoms with Gasteiger partial charge >= 0.3 is 5.97 Å². The van der Waals surface area contributed by atoms with Crippen molar-refractivity contribution < 1.29 is 14.7 Å². The Kier molecular flexibility index (Phi) is 6.36. The molecule has 0 aromatic rings. The van der Waals surface area contributed by atoms with E-state index in [0.29, 0.717) is 12.8 Å². The Morgan fingerprint density at radius 1 is 1.59 bits per heavy atom. The monoisotopic (exact) mass is 260 g/mol. The molecule has 2 atom stereocenters. The van der Waals surface area contributed by atoms with Crippen molar-refractivity contribution in [3.63, 3.8) is 0 Å². The third kappa shape index (κ3) is 5.93. The summed E-state index contributed by atoms with van der Waals surface area (Å²) in [5.41, 5.74) is 0. The topological polar surface area (TPSA) is 78.4 Å². The molecule has 0 radical (unpaired) electrons. The van der Waals surface area contributed by atoms with Crippen LogP contribution in [0.2, 0.25) is 0 Å². The molecule has 2 unspecified atom stereocenters. The standard InChI is InChI=1S/C11H20N2O3S/c1-2-8(6-11(15)16)13-10(14)5-9-7-17-4-3-12-9/h8-9,12H,2-7H2,1H3,(H,13,14)(H,15,16).